The average molecular weight is 279 g/mol. The maximum Gasteiger partial charge on any atom is 0.246 e. The van der Waals surface area contributed by atoms with Crippen LogP contribution in [0.2, 0.25) is 0 Å². The van der Waals surface area contributed by atoms with Gasteiger partial charge in [-0.1, -0.05) is 13.0 Å². The fourth-order valence-electron chi connectivity index (χ4n) is 1.54. The molecule has 0 fully saturated rings. The highest BCUT2D eigenvalue weighted by Gasteiger charge is 2.27. The zero-order valence-electron chi connectivity index (χ0n) is 9.94. The maximum absolute atomic E-state index is 13.5. The molecule has 4 nitrogen and oxygen atoms in total. The van der Waals surface area contributed by atoms with Gasteiger partial charge in [0.1, 0.15) is 4.90 Å². The number of aliphatic hydroxyl groups is 1. The van der Waals surface area contributed by atoms with Gasteiger partial charge in [-0.3, -0.25) is 0 Å². The molecule has 0 amide bonds. The largest absolute Gasteiger partial charge is 0.395 e. The third-order valence-electron chi connectivity index (χ3n) is 2.36. The molecule has 0 aliphatic rings. The van der Waals surface area contributed by atoms with Gasteiger partial charge in [-0.15, -0.1) is 0 Å². The zero-order valence-corrected chi connectivity index (χ0v) is 10.8. The second kappa shape index (κ2) is 6.21. The minimum absolute atomic E-state index is 0.138. The molecule has 1 aromatic carbocycles. The van der Waals surface area contributed by atoms with E-state index in [-0.39, 0.29) is 19.7 Å². The summed E-state index contributed by atoms with van der Waals surface area (Å²) in [6.07, 6.45) is 0.510. The number of sulfonamides is 1. The van der Waals surface area contributed by atoms with Crippen LogP contribution >= 0.6 is 0 Å². The standard InChI is InChI=1S/C11H15F2NO3S/c1-2-6-14(7-8-15)18(16,17)10-5-3-4-9(12)11(10)13/h3-5,15H,2,6-8H2,1H3. The van der Waals surface area contributed by atoms with Crippen molar-refractivity contribution < 1.29 is 22.3 Å². The Labute approximate surface area is 105 Å². The smallest absolute Gasteiger partial charge is 0.246 e. The van der Waals surface area contributed by atoms with E-state index in [0.29, 0.717) is 6.42 Å². The average Bonchev–Trinajstić information content (AvgIpc) is 2.32. The van der Waals surface area contributed by atoms with Crippen LogP contribution in [0.1, 0.15) is 13.3 Å². The fourth-order valence-corrected chi connectivity index (χ4v) is 3.13. The van der Waals surface area contributed by atoms with Gasteiger partial charge in [0.05, 0.1) is 6.61 Å². The molecule has 1 aromatic rings. The number of nitrogens with zero attached hydrogens (tertiary/aromatic N) is 1. The minimum Gasteiger partial charge on any atom is -0.395 e. The lowest BCUT2D eigenvalue weighted by Crippen LogP contribution is -2.34. The lowest BCUT2D eigenvalue weighted by molar-refractivity contribution is 0.253. The van der Waals surface area contributed by atoms with Gasteiger partial charge in [0, 0.05) is 13.1 Å². The number of hydrogen-bond acceptors (Lipinski definition) is 3. The Kier molecular flexibility index (Phi) is 5.18. The molecule has 0 atom stereocenters. The predicted molar refractivity (Wildman–Crippen MR) is 62.5 cm³/mol. The summed E-state index contributed by atoms with van der Waals surface area (Å²) in [4.78, 5) is -0.704. The van der Waals surface area contributed by atoms with Gasteiger partial charge in [0.15, 0.2) is 11.6 Å². The summed E-state index contributed by atoms with van der Waals surface area (Å²) >= 11 is 0. The Morgan fingerprint density at radius 2 is 1.94 bits per heavy atom. The maximum atomic E-state index is 13.5. The highest BCUT2D eigenvalue weighted by atomic mass is 32.2. The summed E-state index contributed by atoms with van der Waals surface area (Å²) in [5.74, 6) is -2.60. The Hall–Kier alpha value is -1.05. The van der Waals surface area contributed by atoms with Crippen molar-refractivity contribution >= 4 is 10.0 Å². The zero-order chi connectivity index (χ0) is 13.8. The summed E-state index contributed by atoms with van der Waals surface area (Å²) in [7, 11) is -4.12. The minimum atomic E-state index is -4.12. The van der Waals surface area contributed by atoms with Crippen LogP contribution in [0.5, 0.6) is 0 Å². The number of aliphatic hydroxyl groups excluding tert-OH is 1. The summed E-state index contributed by atoms with van der Waals surface area (Å²) in [5.41, 5.74) is 0. The van der Waals surface area contributed by atoms with Crippen LogP contribution < -0.4 is 0 Å². The van der Waals surface area contributed by atoms with Crippen molar-refractivity contribution in [3.05, 3.63) is 29.8 Å². The van der Waals surface area contributed by atoms with E-state index in [1.165, 1.54) is 0 Å². The van der Waals surface area contributed by atoms with Crippen LogP contribution in [0.3, 0.4) is 0 Å². The molecule has 0 aliphatic heterocycles. The van der Waals surface area contributed by atoms with Crippen LogP contribution in [0, 0.1) is 11.6 Å². The summed E-state index contributed by atoms with van der Waals surface area (Å²) in [5, 5.41) is 8.82. The van der Waals surface area contributed by atoms with E-state index in [4.69, 9.17) is 5.11 Å². The van der Waals surface area contributed by atoms with E-state index in [2.05, 4.69) is 0 Å². The first-order chi connectivity index (χ1) is 8.45. The lowest BCUT2D eigenvalue weighted by atomic mass is 10.3. The van der Waals surface area contributed by atoms with Gasteiger partial charge in [-0.2, -0.15) is 4.31 Å². The van der Waals surface area contributed by atoms with E-state index in [1.807, 2.05) is 0 Å². The van der Waals surface area contributed by atoms with Crippen molar-refractivity contribution in [1.29, 1.82) is 0 Å². The van der Waals surface area contributed by atoms with Gasteiger partial charge in [0.25, 0.3) is 0 Å². The summed E-state index contributed by atoms with van der Waals surface area (Å²) in [6.45, 7) is 1.36. The quantitative estimate of drug-likeness (QED) is 0.855. The molecule has 0 aromatic heterocycles. The van der Waals surface area contributed by atoms with Crippen LogP contribution in [0.4, 0.5) is 8.78 Å². The molecule has 18 heavy (non-hydrogen) atoms. The van der Waals surface area contributed by atoms with Crippen LogP contribution in [-0.4, -0.2) is 37.5 Å². The molecule has 1 rings (SSSR count). The van der Waals surface area contributed by atoms with Crippen molar-refractivity contribution in [2.24, 2.45) is 0 Å². The Balaban J connectivity index is 3.22. The molecule has 0 bridgehead atoms. The van der Waals surface area contributed by atoms with E-state index >= 15 is 0 Å². The molecule has 0 spiro atoms. The summed E-state index contributed by atoms with van der Waals surface area (Å²) in [6, 6.07) is 2.99. The molecule has 0 heterocycles. The molecule has 102 valence electrons. The molecule has 0 saturated carbocycles. The van der Waals surface area contributed by atoms with Gasteiger partial charge in [-0.25, -0.2) is 17.2 Å². The Morgan fingerprint density at radius 3 is 2.50 bits per heavy atom. The second-order valence-corrected chi connectivity index (χ2v) is 5.59. The van der Waals surface area contributed by atoms with Crippen LogP contribution in [0.15, 0.2) is 23.1 Å². The molecule has 0 unspecified atom stereocenters. The van der Waals surface area contributed by atoms with Gasteiger partial charge < -0.3 is 5.11 Å². The normalized spacial score (nSPS) is 12.1. The number of benzene rings is 1. The second-order valence-electron chi connectivity index (χ2n) is 3.68. The molecule has 0 saturated heterocycles. The highest BCUT2D eigenvalue weighted by molar-refractivity contribution is 7.89. The van der Waals surface area contributed by atoms with Crippen LogP contribution in [-0.2, 0) is 10.0 Å². The van der Waals surface area contributed by atoms with Gasteiger partial charge in [0.2, 0.25) is 10.0 Å². The Bertz CT molecular complexity index is 499. The van der Waals surface area contributed by atoms with E-state index < -0.39 is 26.6 Å². The van der Waals surface area contributed by atoms with Crippen molar-refractivity contribution in [3.63, 3.8) is 0 Å². The van der Waals surface area contributed by atoms with Crippen molar-refractivity contribution in [2.45, 2.75) is 18.2 Å². The van der Waals surface area contributed by atoms with Gasteiger partial charge in [-0.05, 0) is 18.6 Å². The number of halogens is 2. The highest BCUT2D eigenvalue weighted by Crippen LogP contribution is 2.21. The molecule has 1 N–H and O–H groups in total. The third kappa shape index (κ3) is 3.04. The Morgan fingerprint density at radius 1 is 1.28 bits per heavy atom. The fraction of sp³-hybridized carbons (Fsp3) is 0.455. The topological polar surface area (TPSA) is 57.6 Å². The number of hydrogen-bond donors (Lipinski definition) is 1. The van der Waals surface area contributed by atoms with Crippen LogP contribution in [0.25, 0.3) is 0 Å². The predicted octanol–water partition coefficient (Wildman–Crippen LogP) is 1.36. The first kappa shape index (κ1) is 15.0. The molecular weight excluding hydrogens is 264 g/mol. The first-order valence-corrected chi connectivity index (χ1v) is 6.94. The van der Waals surface area contributed by atoms with Crippen molar-refractivity contribution in [3.8, 4) is 0 Å². The van der Waals surface area contributed by atoms with E-state index in [0.717, 1.165) is 22.5 Å². The first-order valence-electron chi connectivity index (χ1n) is 5.50. The molecule has 7 heteroatoms. The molecular formula is C11H15F2NO3S. The van der Waals surface area contributed by atoms with Crippen molar-refractivity contribution in [1.82, 2.24) is 4.31 Å². The molecule has 0 aliphatic carbocycles. The van der Waals surface area contributed by atoms with E-state index in [9.17, 15) is 17.2 Å². The SMILES string of the molecule is CCCN(CCO)S(=O)(=O)c1cccc(F)c1F. The molecule has 0 radical (unpaired) electrons. The monoisotopic (exact) mass is 279 g/mol. The van der Waals surface area contributed by atoms with Gasteiger partial charge >= 0.3 is 0 Å². The third-order valence-corrected chi connectivity index (χ3v) is 4.27. The van der Waals surface area contributed by atoms with Crippen molar-refractivity contribution in [2.75, 3.05) is 19.7 Å². The summed E-state index contributed by atoms with van der Waals surface area (Å²) < 4.78 is 51.7. The van der Waals surface area contributed by atoms with E-state index in [1.54, 1.807) is 6.92 Å². The lowest BCUT2D eigenvalue weighted by Gasteiger charge is -2.20. The number of rotatable bonds is 6.